The van der Waals surface area contributed by atoms with Gasteiger partial charge in [-0.05, 0) is 51.5 Å². The van der Waals surface area contributed by atoms with Crippen molar-refractivity contribution in [3.8, 4) is 11.5 Å². The Morgan fingerprint density at radius 2 is 2.05 bits per heavy atom. The molecule has 1 heterocycles. The quantitative estimate of drug-likeness (QED) is 0.899. The maximum atomic E-state index is 10.2. The molecule has 1 aliphatic rings. The van der Waals surface area contributed by atoms with E-state index in [0.29, 0.717) is 5.75 Å². The zero-order chi connectivity index (χ0) is 15.5. The van der Waals surface area contributed by atoms with Crippen molar-refractivity contribution in [3.05, 3.63) is 57.6 Å². The Morgan fingerprint density at radius 3 is 2.77 bits per heavy atom. The molecule has 22 heavy (non-hydrogen) atoms. The predicted molar refractivity (Wildman–Crippen MR) is 91.5 cm³/mol. The van der Waals surface area contributed by atoms with Crippen molar-refractivity contribution in [2.24, 2.45) is 0 Å². The highest BCUT2D eigenvalue weighted by atomic mass is 79.9. The van der Waals surface area contributed by atoms with Crippen LogP contribution >= 0.6 is 15.9 Å². The van der Waals surface area contributed by atoms with E-state index in [2.05, 4.69) is 45.1 Å². The van der Waals surface area contributed by atoms with Gasteiger partial charge in [-0.3, -0.25) is 4.90 Å². The summed E-state index contributed by atoms with van der Waals surface area (Å²) in [6.45, 7) is 2.93. The lowest BCUT2D eigenvalue weighted by atomic mass is 9.98. The summed E-state index contributed by atoms with van der Waals surface area (Å²) in [6.07, 6.45) is 2.04. The van der Waals surface area contributed by atoms with Gasteiger partial charge in [0, 0.05) is 19.6 Å². The zero-order valence-corrected chi connectivity index (χ0v) is 14.3. The van der Waals surface area contributed by atoms with Crippen LogP contribution in [0.2, 0.25) is 0 Å². The second-order valence-corrected chi connectivity index (χ2v) is 6.43. The van der Waals surface area contributed by atoms with Crippen molar-refractivity contribution in [2.75, 3.05) is 20.2 Å². The third-order valence-electron chi connectivity index (χ3n) is 4.26. The summed E-state index contributed by atoms with van der Waals surface area (Å²) in [5, 5.41) is 10.2. The van der Waals surface area contributed by atoms with Crippen LogP contribution in [-0.2, 0) is 19.4 Å². The first-order valence-electron chi connectivity index (χ1n) is 7.52. The molecule has 0 amide bonds. The molecule has 2 aromatic carbocycles. The normalized spacial score (nSPS) is 14.6. The van der Waals surface area contributed by atoms with Crippen LogP contribution in [0.4, 0.5) is 0 Å². The highest BCUT2D eigenvalue weighted by molar-refractivity contribution is 9.10. The van der Waals surface area contributed by atoms with Crippen molar-refractivity contribution in [3.63, 3.8) is 0 Å². The molecular formula is C18H20BrNO2. The van der Waals surface area contributed by atoms with E-state index in [-0.39, 0.29) is 5.75 Å². The summed E-state index contributed by atoms with van der Waals surface area (Å²) in [5.41, 5.74) is 3.81. The highest BCUT2D eigenvalue weighted by Crippen LogP contribution is 2.40. The highest BCUT2D eigenvalue weighted by Gasteiger charge is 2.22. The Morgan fingerprint density at radius 1 is 1.27 bits per heavy atom. The minimum atomic E-state index is 0.200. The fraction of sp³-hybridized carbons (Fsp3) is 0.333. The number of fused-ring (bicyclic) bond motifs is 1. The van der Waals surface area contributed by atoms with Gasteiger partial charge < -0.3 is 9.84 Å². The summed E-state index contributed by atoms with van der Waals surface area (Å²) < 4.78 is 6.00. The summed E-state index contributed by atoms with van der Waals surface area (Å²) >= 11 is 3.52. The summed E-state index contributed by atoms with van der Waals surface area (Å²) in [5.74, 6) is 0.745. The number of aromatic hydroxyl groups is 1. The molecule has 0 bridgehead atoms. The van der Waals surface area contributed by atoms with E-state index in [4.69, 9.17) is 4.74 Å². The SMILES string of the molecule is COc1cc2c(c(Br)c1O)CN(CCc1ccccc1)CC2. The molecule has 0 aliphatic carbocycles. The van der Waals surface area contributed by atoms with Crippen LogP contribution in [0.25, 0.3) is 0 Å². The van der Waals surface area contributed by atoms with E-state index in [9.17, 15) is 5.11 Å². The van der Waals surface area contributed by atoms with Gasteiger partial charge in [0.15, 0.2) is 11.5 Å². The third kappa shape index (κ3) is 3.13. The summed E-state index contributed by atoms with van der Waals surface area (Å²) in [7, 11) is 1.59. The Kier molecular flexibility index (Phi) is 4.69. The second kappa shape index (κ2) is 6.71. The number of phenols is 1. The van der Waals surface area contributed by atoms with Gasteiger partial charge in [0.2, 0.25) is 0 Å². The van der Waals surface area contributed by atoms with Gasteiger partial charge in [0.05, 0.1) is 11.6 Å². The summed E-state index contributed by atoms with van der Waals surface area (Å²) in [6, 6.07) is 12.5. The van der Waals surface area contributed by atoms with Crippen LogP contribution in [0.3, 0.4) is 0 Å². The molecule has 0 spiro atoms. The lowest BCUT2D eigenvalue weighted by Gasteiger charge is -2.30. The zero-order valence-electron chi connectivity index (χ0n) is 12.7. The van der Waals surface area contributed by atoms with Gasteiger partial charge in [0.1, 0.15) is 0 Å². The molecule has 3 rings (SSSR count). The van der Waals surface area contributed by atoms with Gasteiger partial charge >= 0.3 is 0 Å². The maximum Gasteiger partial charge on any atom is 0.172 e. The minimum absolute atomic E-state index is 0.200. The Hall–Kier alpha value is -1.52. The maximum absolute atomic E-state index is 10.2. The fourth-order valence-electron chi connectivity index (χ4n) is 2.96. The molecule has 1 aliphatic heterocycles. The largest absolute Gasteiger partial charge is 0.503 e. The van der Waals surface area contributed by atoms with E-state index >= 15 is 0 Å². The molecule has 1 N–H and O–H groups in total. The number of nitrogens with zero attached hydrogens (tertiary/aromatic N) is 1. The number of rotatable bonds is 4. The predicted octanol–water partition coefficient (Wildman–Crippen LogP) is 3.76. The van der Waals surface area contributed by atoms with Crippen molar-refractivity contribution in [1.29, 1.82) is 0 Å². The van der Waals surface area contributed by atoms with E-state index < -0.39 is 0 Å². The number of hydrogen-bond donors (Lipinski definition) is 1. The lowest BCUT2D eigenvalue weighted by Crippen LogP contribution is -2.32. The van der Waals surface area contributed by atoms with Crippen molar-refractivity contribution >= 4 is 15.9 Å². The average Bonchev–Trinajstić information content (AvgIpc) is 2.57. The van der Waals surface area contributed by atoms with Gasteiger partial charge in [-0.15, -0.1) is 0 Å². The molecule has 116 valence electrons. The van der Waals surface area contributed by atoms with Crippen LogP contribution in [-0.4, -0.2) is 30.2 Å². The topological polar surface area (TPSA) is 32.7 Å². The minimum Gasteiger partial charge on any atom is -0.503 e. The number of ether oxygens (including phenoxy) is 1. The van der Waals surface area contributed by atoms with Crippen LogP contribution in [0.15, 0.2) is 40.9 Å². The molecule has 0 aromatic heterocycles. The monoisotopic (exact) mass is 361 g/mol. The molecule has 0 atom stereocenters. The third-order valence-corrected chi connectivity index (χ3v) is 5.11. The molecule has 2 aromatic rings. The second-order valence-electron chi connectivity index (χ2n) is 5.64. The van der Waals surface area contributed by atoms with Gasteiger partial charge in [-0.25, -0.2) is 0 Å². The Balaban J connectivity index is 1.72. The Bertz CT molecular complexity index is 658. The lowest BCUT2D eigenvalue weighted by molar-refractivity contribution is 0.255. The van der Waals surface area contributed by atoms with Crippen LogP contribution < -0.4 is 4.74 Å². The average molecular weight is 362 g/mol. The Labute approximate surface area is 139 Å². The van der Waals surface area contributed by atoms with E-state index in [1.807, 2.05) is 12.1 Å². The van der Waals surface area contributed by atoms with Crippen LogP contribution in [0.5, 0.6) is 11.5 Å². The smallest absolute Gasteiger partial charge is 0.172 e. The molecular weight excluding hydrogens is 342 g/mol. The first-order valence-corrected chi connectivity index (χ1v) is 8.32. The van der Waals surface area contributed by atoms with Crippen molar-refractivity contribution in [2.45, 2.75) is 19.4 Å². The number of hydrogen-bond acceptors (Lipinski definition) is 3. The molecule has 0 saturated heterocycles. The van der Waals surface area contributed by atoms with E-state index in [0.717, 1.165) is 36.9 Å². The molecule has 0 unspecified atom stereocenters. The standard InChI is InChI=1S/C18H20BrNO2/c1-22-16-11-14-8-10-20(12-15(14)17(19)18(16)21)9-7-13-5-3-2-4-6-13/h2-6,11,21H,7-10,12H2,1H3. The first-order chi connectivity index (χ1) is 10.7. The van der Waals surface area contributed by atoms with Crippen LogP contribution in [0.1, 0.15) is 16.7 Å². The molecule has 0 radical (unpaired) electrons. The number of methoxy groups -OCH3 is 1. The molecule has 3 nitrogen and oxygen atoms in total. The number of halogens is 1. The van der Waals surface area contributed by atoms with Gasteiger partial charge in [-0.1, -0.05) is 30.3 Å². The molecule has 4 heteroatoms. The first kappa shape index (κ1) is 15.4. The van der Waals surface area contributed by atoms with Crippen LogP contribution in [0, 0.1) is 0 Å². The molecule has 0 fully saturated rings. The molecule has 0 saturated carbocycles. The summed E-state index contributed by atoms with van der Waals surface area (Å²) in [4.78, 5) is 2.44. The van der Waals surface area contributed by atoms with Crippen molar-refractivity contribution in [1.82, 2.24) is 4.90 Å². The van der Waals surface area contributed by atoms with E-state index in [1.165, 1.54) is 16.7 Å². The van der Waals surface area contributed by atoms with Gasteiger partial charge in [0.25, 0.3) is 0 Å². The van der Waals surface area contributed by atoms with Gasteiger partial charge in [-0.2, -0.15) is 0 Å². The van der Waals surface area contributed by atoms with E-state index in [1.54, 1.807) is 7.11 Å². The fourth-order valence-corrected chi connectivity index (χ4v) is 3.53. The number of benzene rings is 2. The van der Waals surface area contributed by atoms with Crippen molar-refractivity contribution < 1.29 is 9.84 Å². The number of phenolic OH excluding ortho intramolecular Hbond substituents is 1.